The number of hydrogen-bond acceptors (Lipinski definition) is 6. The summed E-state index contributed by atoms with van der Waals surface area (Å²) >= 11 is 0. The molecule has 3 rings (SSSR count). The molecule has 0 radical (unpaired) electrons. The highest BCUT2D eigenvalue weighted by atomic mass is 16.6. The topological polar surface area (TPSA) is 108 Å². The number of rotatable bonds is 4. The van der Waals surface area contributed by atoms with Crippen molar-refractivity contribution in [3.8, 4) is 5.75 Å². The molecule has 0 aliphatic carbocycles. The third kappa shape index (κ3) is 3.23. The van der Waals surface area contributed by atoms with Crippen LogP contribution in [0, 0.1) is 16.0 Å². The number of carbonyl (C=O) groups excluding carboxylic acids is 1. The number of aliphatic imine (C=N–C) groups is 1. The molecule has 2 aromatic rings. The molecule has 0 saturated heterocycles. The Labute approximate surface area is 142 Å². The van der Waals surface area contributed by atoms with Crippen LogP contribution in [0.2, 0.25) is 0 Å². The van der Waals surface area contributed by atoms with Crippen molar-refractivity contribution in [2.75, 3.05) is 5.01 Å². The summed E-state index contributed by atoms with van der Waals surface area (Å²) in [5.74, 6) is -0.952. The lowest BCUT2D eigenvalue weighted by Crippen LogP contribution is -2.27. The number of hydrazone groups is 1. The summed E-state index contributed by atoms with van der Waals surface area (Å²) in [5.41, 5.74) is 1.28. The van der Waals surface area contributed by atoms with E-state index in [1.54, 1.807) is 25.1 Å². The zero-order valence-electron chi connectivity index (χ0n) is 13.2. The Morgan fingerprint density at radius 2 is 1.92 bits per heavy atom. The second-order valence-electron chi connectivity index (χ2n) is 5.41. The summed E-state index contributed by atoms with van der Waals surface area (Å²) in [7, 11) is 0. The van der Waals surface area contributed by atoms with Crippen molar-refractivity contribution in [3.05, 3.63) is 58.6 Å². The predicted molar refractivity (Wildman–Crippen MR) is 93.4 cm³/mol. The first-order chi connectivity index (χ1) is 12.0. The van der Waals surface area contributed by atoms with Gasteiger partial charge in [-0.1, -0.05) is 12.1 Å². The number of amides is 1. The summed E-state index contributed by atoms with van der Waals surface area (Å²) in [6.07, 6.45) is 1.43. The zero-order chi connectivity index (χ0) is 18.0. The number of anilines is 1. The maximum Gasteiger partial charge on any atom is 0.269 e. The quantitative estimate of drug-likeness (QED) is 0.525. The third-order valence-corrected chi connectivity index (χ3v) is 3.73. The highest BCUT2D eigenvalue weighted by Crippen LogP contribution is 2.28. The standard InChI is InChI=1S/C17H14N4O4/c1-11-14(10-18-15-4-2-3-5-16(15)22)17(23)20(19-11)12-6-8-13(9-7-12)21(24)25/h2-10,14,22H,1H3. The number of nitrogens with zero attached hydrogens (tertiary/aromatic N) is 4. The molecule has 1 N–H and O–H groups in total. The van der Waals surface area contributed by atoms with E-state index < -0.39 is 10.8 Å². The van der Waals surface area contributed by atoms with Gasteiger partial charge in [-0.2, -0.15) is 10.1 Å². The van der Waals surface area contributed by atoms with Crippen LogP contribution in [-0.4, -0.2) is 27.9 Å². The van der Waals surface area contributed by atoms with E-state index in [4.69, 9.17) is 0 Å². The summed E-state index contributed by atoms with van der Waals surface area (Å²) < 4.78 is 0. The number of carbonyl (C=O) groups is 1. The Balaban J connectivity index is 1.81. The van der Waals surface area contributed by atoms with Gasteiger partial charge >= 0.3 is 0 Å². The van der Waals surface area contributed by atoms with Crippen molar-refractivity contribution in [1.82, 2.24) is 0 Å². The number of para-hydroxylation sites is 2. The normalized spacial score (nSPS) is 17.2. The van der Waals surface area contributed by atoms with Crippen molar-refractivity contribution in [2.45, 2.75) is 6.92 Å². The van der Waals surface area contributed by atoms with Crippen molar-refractivity contribution < 1.29 is 14.8 Å². The van der Waals surface area contributed by atoms with Gasteiger partial charge in [0, 0.05) is 18.3 Å². The molecule has 1 amide bonds. The van der Waals surface area contributed by atoms with E-state index >= 15 is 0 Å². The van der Waals surface area contributed by atoms with Gasteiger partial charge in [-0.15, -0.1) is 0 Å². The van der Waals surface area contributed by atoms with Crippen LogP contribution in [0.3, 0.4) is 0 Å². The van der Waals surface area contributed by atoms with E-state index in [1.165, 1.54) is 41.6 Å². The van der Waals surface area contributed by atoms with Gasteiger partial charge < -0.3 is 5.11 Å². The maximum atomic E-state index is 12.6. The first-order valence-electron chi connectivity index (χ1n) is 7.43. The first-order valence-corrected chi connectivity index (χ1v) is 7.43. The van der Waals surface area contributed by atoms with E-state index in [-0.39, 0.29) is 17.3 Å². The van der Waals surface area contributed by atoms with Crippen LogP contribution in [0.4, 0.5) is 17.1 Å². The summed E-state index contributed by atoms with van der Waals surface area (Å²) in [6.45, 7) is 1.70. The molecule has 0 aromatic heterocycles. The lowest BCUT2D eigenvalue weighted by Gasteiger charge is -2.12. The molecule has 1 atom stereocenters. The van der Waals surface area contributed by atoms with Gasteiger partial charge in [-0.05, 0) is 31.2 Å². The van der Waals surface area contributed by atoms with Gasteiger partial charge in [-0.25, -0.2) is 0 Å². The molecule has 0 spiro atoms. The number of phenolic OH excluding ortho intramolecular Hbond substituents is 1. The molecule has 126 valence electrons. The SMILES string of the molecule is CC1=NN(c2ccc([N+](=O)[O-])cc2)C(=O)C1C=Nc1ccccc1O. The maximum absolute atomic E-state index is 12.6. The van der Waals surface area contributed by atoms with E-state index in [2.05, 4.69) is 10.1 Å². The molecule has 0 bridgehead atoms. The van der Waals surface area contributed by atoms with E-state index in [9.17, 15) is 20.0 Å². The highest BCUT2D eigenvalue weighted by Gasteiger charge is 2.33. The predicted octanol–water partition coefficient (Wildman–Crippen LogP) is 3.04. The van der Waals surface area contributed by atoms with Crippen molar-refractivity contribution >= 4 is 34.9 Å². The number of benzene rings is 2. The Kier molecular flexibility index (Phi) is 4.25. The van der Waals surface area contributed by atoms with Gasteiger partial charge in [0.05, 0.1) is 16.3 Å². The number of hydrogen-bond donors (Lipinski definition) is 1. The Bertz CT molecular complexity index is 890. The van der Waals surface area contributed by atoms with Crippen LogP contribution < -0.4 is 5.01 Å². The lowest BCUT2D eigenvalue weighted by atomic mass is 10.1. The van der Waals surface area contributed by atoms with Gasteiger partial charge in [0.25, 0.3) is 11.6 Å². The molecule has 25 heavy (non-hydrogen) atoms. The average Bonchev–Trinajstić information content (AvgIpc) is 2.89. The molecule has 1 unspecified atom stereocenters. The van der Waals surface area contributed by atoms with E-state index in [0.29, 0.717) is 17.1 Å². The number of phenols is 1. The third-order valence-electron chi connectivity index (χ3n) is 3.73. The molecule has 8 heteroatoms. The van der Waals surface area contributed by atoms with Crippen LogP contribution in [0.25, 0.3) is 0 Å². The van der Waals surface area contributed by atoms with Crippen molar-refractivity contribution in [2.24, 2.45) is 16.0 Å². The molecule has 1 heterocycles. The number of aromatic hydroxyl groups is 1. The monoisotopic (exact) mass is 338 g/mol. The average molecular weight is 338 g/mol. The molecule has 1 aliphatic rings. The molecular weight excluding hydrogens is 324 g/mol. The van der Waals surface area contributed by atoms with Gasteiger partial charge in [0.2, 0.25) is 0 Å². The van der Waals surface area contributed by atoms with E-state index in [1.807, 2.05) is 0 Å². The van der Waals surface area contributed by atoms with Crippen molar-refractivity contribution in [3.63, 3.8) is 0 Å². The second-order valence-corrected chi connectivity index (χ2v) is 5.41. The molecular formula is C17H14N4O4. The van der Waals surface area contributed by atoms with Gasteiger partial charge in [-0.3, -0.25) is 19.9 Å². The summed E-state index contributed by atoms with van der Waals surface area (Å²) in [4.78, 5) is 26.9. The second kappa shape index (κ2) is 6.52. The van der Waals surface area contributed by atoms with Crippen LogP contribution >= 0.6 is 0 Å². The number of nitro benzene ring substituents is 1. The summed E-state index contributed by atoms with van der Waals surface area (Å²) in [5, 5.41) is 25.8. The molecule has 8 nitrogen and oxygen atoms in total. The van der Waals surface area contributed by atoms with Crippen LogP contribution in [-0.2, 0) is 4.79 Å². The molecule has 1 aliphatic heterocycles. The smallest absolute Gasteiger partial charge is 0.269 e. The fourth-order valence-electron chi connectivity index (χ4n) is 2.38. The fourth-order valence-corrected chi connectivity index (χ4v) is 2.38. The summed E-state index contributed by atoms with van der Waals surface area (Å²) in [6, 6.07) is 12.1. The largest absolute Gasteiger partial charge is 0.506 e. The number of non-ortho nitro benzene ring substituents is 1. The molecule has 0 saturated carbocycles. The van der Waals surface area contributed by atoms with Crippen LogP contribution in [0.1, 0.15) is 6.92 Å². The fraction of sp³-hybridized carbons (Fsp3) is 0.118. The van der Waals surface area contributed by atoms with Crippen molar-refractivity contribution in [1.29, 1.82) is 0 Å². The minimum absolute atomic E-state index is 0.0195. The van der Waals surface area contributed by atoms with Crippen LogP contribution in [0.15, 0.2) is 58.6 Å². The minimum Gasteiger partial charge on any atom is -0.506 e. The van der Waals surface area contributed by atoms with Gasteiger partial charge in [0.15, 0.2) is 0 Å². The Morgan fingerprint density at radius 3 is 2.56 bits per heavy atom. The van der Waals surface area contributed by atoms with Gasteiger partial charge in [0.1, 0.15) is 17.4 Å². The minimum atomic E-state index is -0.658. The first kappa shape index (κ1) is 16.3. The highest BCUT2D eigenvalue weighted by molar-refractivity contribution is 6.23. The van der Waals surface area contributed by atoms with Crippen LogP contribution in [0.5, 0.6) is 5.75 Å². The number of nitro groups is 1. The Morgan fingerprint density at radius 1 is 1.24 bits per heavy atom. The lowest BCUT2D eigenvalue weighted by molar-refractivity contribution is -0.384. The Hall–Kier alpha value is -3.55. The molecule has 2 aromatic carbocycles. The molecule has 0 fully saturated rings. The zero-order valence-corrected chi connectivity index (χ0v) is 13.2. The van der Waals surface area contributed by atoms with E-state index in [0.717, 1.165) is 0 Å².